The summed E-state index contributed by atoms with van der Waals surface area (Å²) >= 11 is 0. The predicted octanol–water partition coefficient (Wildman–Crippen LogP) is -0.437. The minimum absolute atomic E-state index is 0.137. The number of rotatable bonds is 2. The third kappa shape index (κ3) is 1.78. The molecule has 4 atom stereocenters. The third-order valence-electron chi connectivity index (χ3n) is 3.90. The first-order valence-electron chi connectivity index (χ1n) is 6.27. The van der Waals surface area contributed by atoms with Crippen LogP contribution >= 0.6 is 0 Å². The molecule has 0 amide bonds. The molecule has 0 bridgehead atoms. The summed E-state index contributed by atoms with van der Waals surface area (Å²) in [6, 6.07) is 0. The highest BCUT2D eigenvalue weighted by Gasteiger charge is 2.48. The molecular weight excluding hydrogens is 268 g/mol. The Morgan fingerprint density at radius 3 is 2.90 bits per heavy atom. The zero-order valence-corrected chi connectivity index (χ0v) is 10.7. The molecule has 1 aliphatic carbocycles. The van der Waals surface area contributed by atoms with Gasteiger partial charge in [-0.25, -0.2) is 9.55 Å². The van der Waals surface area contributed by atoms with Gasteiger partial charge in [0.15, 0.2) is 11.8 Å². The molecule has 2 heterocycles. The van der Waals surface area contributed by atoms with Gasteiger partial charge in [0, 0.05) is 0 Å². The number of fused-ring (bicyclic) bond motifs is 1. The summed E-state index contributed by atoms with van der Waals surface area (Å²) in [5.41, 5.74) is 0.483. The molecule has 20 heavy (non-hydrogen) atoms. The number of aromatic nitrogens is 2. The van der Waals surface area contributed by atoms with E-state index in [9.17, 15) is 20.3 Å². The molecule has 9 nitrogen and oxygen atoms in total. The fourth-order valence-electron chi connectivity index (χ4n) is 2.77. The molecule has 1 saturated carbocycles. The maximum atomic E-state index is 10.8. The van der Waals surface area contributed by atoms with E-state index in [0.717, 1.165) is 0 Å². The molecule has 2 N–H and O–H groups in total. The van der Waals surface area contributed by atoms with Crippen LogP contribution in [0.15, 0.2) is 11.4 Å². The predicted molar refractivity (Wildman–Crippen MR) is 66.0 cm³/mol. The van der Waals surface area contributed by atoms with Crippen LogP contribution in [-0.2, 0) is 11.9 Å². The van der Waals surface area contributed by atoms with Crippen LogP contribution in [0.4, 0.5) is 5.82 Å². The van der Waals surface area contributed by atoms with Crippen LogP contribution in [0, 0.1) is 16.0 Å². The van der Waals surface area contributed by atoms with Crippen molar-refractivity contribution < 1.29 is 20.0 Å². The molecule has 9 heteroatoms. The van der Waals surface area contributed by atoms with Crippen molar-refractivity contribution in [2.24, 2.45) is 18.1 Å². The van der Waals surface area contributed by atoms with Crippen LogP contribution in [0.25, 0.3) is 0 Å². The first-order chi connectivity index (χ1) is 9.50. The van der Waals surface area contributed by atoms with Gasteiger partial charge in [0.25, 0.3) is 0 Å². The quantitative estimate of drug-likeness (QED) is 0.560. The summed E-state index contributed by atoms with van der Waals surface area (Å²) in [6.45, 7) is 0. The molecule has 2 aliphatic rings. The van der Waals surface area contributed by atoms with Gasteiger partial charge < -0.3 is 25.2 Å². The Bertz CT molecular complexity index is 583. The lowest BCUT2D eigenvalue weighted by Gasteiger charge is -2.31. The Labute approximate surface area is 113 Å². The first kappa shape index (κ1) is 13.0. The van der Waals surface area contributed by atoms with Crippen LogP contribution in [0.5, 0.6) is 0 Å². The molecule has 1 aliphatic heterocycles. The van der Waals surface area contributed by atoms with Crippen LogP contribution in [0.2, 0.25) is 0 Å². The zero-order chi connectivity index (χ0) is 14.4. The van der Waals surface area contributed by atoms with Crippen molar-refractivity contribution >= 4 is 11.5 Å². The van der Waals surface area contributed by atoms with Gasteiger partial charge in [0.2, 0.25) is 5.82 Å². The average Bonchev–Trinajstić information content (AvgIpc) is 2.97. The molecule has 1 aromatic heterocycles. The number of aliphatic hydroxyl groups excluding tert-OH is 2. The summed E-state index contributed by atoms with van der Waals surface area (Å²) in [7, 11) is 1.53. The lowest BCUT2D eigenvalue weighted by atomic mass is 9.80. The lowest BCUT2D eigenvalue weighted by molar-refractivity contribution is -0.391. The van der Waals surface area contributed by atoms with Crippen molar-refractivity contribution in [1.82, 2.24) is 9.55 Å². The van der Waals surface area contributed by atoms with E-state index in [-0.39, 0.29) is 11.7 Å². The highest BCUT2D eigenvalue weighted by atomic mass is 16.7. The zero-order valence-electron chi connectivity index (χ0n) is 10.7. The van der Waals surface area contributed by atoms with E-state index < -0.39 is 23.2 Å². The number of aliphatic hydroxyl groups is 2. The second-order valence-electron chi connectivity index (χ2n) is 5.04. The fourth-order valence-corrected chi connectivity index (χ4v) is 2.77. The summed E-state index contributed by atoms with van der Waals surface area (Å²) in [4.78, 5) is 19.5. The van der Waals surface area contributed by atoms with Crippen molar-refractivity contribution in [2.75, 3.05) is 0 Å². The maximum absolute atomic E-state index is 10.8. The Kier molecular flexibility index (Phi) is 2.94. The van der Waals surface area contributed by atoms with E-state index in [0.29, 0.717) is 24.4 Å². The highest BCUT2D eigenvalue weighted by molar-refractivity contribution is 6.00. The van der Waals surface area contributed by atoms with Crippen LogP contribution < -0.4 is 0 Å². The van der Waals surface area contributed by atoms with E-state index in [4.69, 9.17) is 4.84 Å². The minimum Gasteiger partial charge on any atom is -0.390 e. The standard InChI is InChI=1S/C11H14N4O5/c1-14-7(15(18)19)4-12-11(14)8-5-2-3-6(16)9(17)10(5)20-13-8/h4-6,9-10,16-17H,2-3H2,1H3. The van der Waals surface area contributed by atoms with Crippen LogP contribution in [-0.4, -0.2) is 48.7 Å². The average molecular weight is 282 g/mol. The Morgan fingerprint density at radius 2 is 2.25 bits per heavy atom. The normalized spacial score (nSPS) is 32.5. The van der Waals surface area contributed by atoms with Gasteiger partial charge in [-0.3, -0.25) is 0 Å². The molecule has 1 aromatic rings. The first-order valence-corrected chi connectivity index (χ1v) is 6.27. The summed E-state index contributed by atoms with van der Waals surface area (Å²) < 4.78 is 1.34. The van der Waals surface area contributed by atoms with E-state index in [2.05, 4.69) is 10.1 Å². The van der Waals surface area contributed by atoms with Crippen molar-refractivity contribution in [3.63, 3.8) is 0 Å². The van der Waals surface area contributed by atoms with Gasteiger partial charge in [0.05, 0.1) is 19.1 Å². The van der Waals surface area contributed by atoms with Crippen LogP contribution in [0.3, 0.4) is 0 Å². The molecule has 4 unspecified atom stereocenters. The second-order valence-corrected chi connectivity index (χ2v) is 5.04. The molecule has 0 radical (unpaired) electrons. The van der Waals surface area contributed by atoms with E-state index in [1.165, 1.54) is 17.8 Å². The maximum Gasteiger partial charge on any atom is 0.342 e. The number of nitrogens with zero attached hydrogens (tertiary/aromatic N) is 4. The Hall–Kier alpha value is -2.00. The van der Waals surface area contributed by atoms with Gasteiger partial charge in [-0.1, -0.05) is 5.16 Å². The van der Waals surface area contributed by atoms with Crippen LogP contribution in [0.1, 0.15) is 18.7 Å². The van der Waals surface area contributed by atoms with Gasteiger partial charge in [-0.2, -0.15) is 0 Å². The molecular formula is C11H14N4O5. The number of imidazole rings is 1. The molecule has 0 aromatic carbocycles. The highest BCUT2D eigenvalue weighted by Crippen LogP contribution is 2.35. The smallest absolute Gasteiger partial charge is 0.342 e. The Morgan fingerprint density at radius 1 is 1.50 bits per heavy atom. The SMILES string of the molecule is Cn1c([N+](=O)[O-])cnc1C1=NOC2C1CCC(O)C2O. The van der Waals surface area contributed by atoms with Gasteiger partial charge in [-0.15, -0.1) is 0 Å². The molecule has 1 fully saturated rings. The summed E-state index contributed by atoms with van der Waals surface area (Å²) in [5.74, 6) is 0.00411. The second kappa shape index (κ2) is 4.53. The van der Waals surface area contributed by atoms with E-state index in [1.807, 2.05) is 0 Å². The number of hydrogen-bond acceptors (Lipinski definition) is 7. The fraction of sp³-hybridized carbons (Fsp3) is 0.636. The monoisotopic (exact) mass is 282 g/mol. The summed E-state index contributed by atoms with van der Waals surface area (Å²) in [6.07, 6.45) is -0.282. The largest absolute Gasteiger partial charge is 0.390 e. The summed E-state index contributed by atoms with van der Waals surface area (Å²) in [5, 5.41) is 34.3. The van der Waals surface area contributed by atoms with Crippen molar-refractivity contribution in [1.29, 1.82) is 0 Å². The Balaban J connectivity index is 1.91. The van der Waals surface area contributed by atoms with E-state index in [1.54, 1.807) is 0 Å². The minimum atomic E-state index is -1.01. The third-order valence-corrected chi connectivity index (χ3v) is 3.90. The topological polar surface area (TPSA) is 123 Å². The van der Waals surface area contributed by atoms with E-state index >= 15 is 0 Å². The number of nitro groups is 1. The molecule has 0 saturated heterocycles. The number of hydrogen-bond donors (Lipinski definition) is 2. The lowest BCUT2D eigenvalue weighted by Crippen LogP contribution is -2.47. The van der Waals surface area contributed by atoms with Gasteiger partial charge in [0.1, 0.15) is 12.3 Å². The number of oxime groups is 1. The van der Waals surface area contributed by atoms with Crippen molar-refractivity contribution in [3.05, 3.63) is 22.1 Å². The molecule has 108 valence electrons. The van der Waals surface area contributed by atoms with Gasteiger partial charge >= 0.3 is 5.82 Å². The van der Waals surface area contributed by atoms with Crippen molar-refractivity contribution in [2.45, 2.75) is 31.2 Å². The molecule has 3 rings (SSSR count). The van der Waals surface area contributed by atoms with Crippen molar-refractivity contribution in [3.8, 4) is 0 Å². The van der Waals surface area contributed by atoms with Gasteiger partial charge in [-0.05, 0) is 17.8 Å². The molecule has 0 spiro atoms.